The number of nitrogens with zero attached hydrogens (tertiary/aromatic N) is 2. The van der Waals surface area contributed by atoms with Crippen LogP contribution in [0.1, 0.15) is 61.9 Å². The third-order valence-corrected chi connectivity index (χ3v) is 8.39. The molecule has 2 heterocycles. The summed E-state index contributed by atoms with van der Waals surface area (Å²) in [5, 5.41) is 2.61. The van der Waals surface area contributed by atoms with E-state index in [0.29, 0.717) is 40.2 Å². The van der Waals surface area contributed by atoms with Crippen molar-refractivity contribution in [3.8, 4) is 17.2 Å². The first-order valence-corrected chi connectivity index (χ1v) is 16.1. The number of anilines is 1. The van der Waals surface area contributed by atoms with Gasteiger partial charge in [-0.3, -0.25) is 14.5 Å². The van der Waals surface area contributed by atoms with Gasteiger partial charge in [-0.25, -0.2) is 9.79 Å². The molecule has 1 saturated heterocycles. The number of rotatable bonds is 13. The Balaban J connectivity index is 1.30. The fraction of sp³-hybridized carbons (Fsp3) is 0.353. The second-order valence-electron chi connectivity index (χ2n) is 10.6. The van der Waals surface area contributed by atoms with Crippen LogP contribution in [0, 0.1) is 0 Å². The molecule has 45 heavy (non-hydrogen) atoms. The summed E-state index contributed by atoms with van der Waals surface area (Å²) >= 11 is 1.22. The molecule has 0 radical (unpaired) electrons. The molecule has 2 aliphatic rings. The van der Waals surface area contributed by atoms with Crippen LogP contribution in [0.15, 0.2) is 71.7 Å². The van der Waals surface area contributed by atoms with Crippen molar-refractivity contribution in [2.24, 2.45) is 4.99 Å². The van der Waals surface area contributed by atoms with E-state index in [9.17, 15) is 14.4 Å². The van der Waals surface area contributed by atoms with E-state index in [2.05, 4.69) is 12.2 Å². The lowest BCUT2D eigenvalue weighted by Crippen LogP contribution is -2.44. The molecular weight excluding hydrogens is 594 g/mol. The Labute approximate surface area is 267 Å². The summed E-state index contributed by atoms with van der Waals surface area (Å²) in [6, 6.07) is 19.4. The molecule has 10 nitrogen and oxygen atoms in total. The minimum atomic E-state index is -0.697. The van der Waals surface area contributed by atoms with E-state index in [-0.39, 0.29) is 38.2 Å². The molecule has 0 bridgehead atoms. The summed E-state index contributed by atoms with van der Waals surface area (Å²) in [5.74, 6) is 1.05. The van der Waals surface area contributed by atoms with Gasteiger partial charge in [-0.1, -0.05) is 44.0 Å². The Hall–Kier alpha value is -4.51. The fourth-order valence-corrected chi connectivity index (χ4v) is 5.89. The first kappa shape index (κ1) is 31.9. The number of aliphatic imine (C=N–C) groups is 1. The first-order chi connectivity index (χ1) is 21.9. The van der Waals surface area contributed by atoms with Gasteiger partial charge in [-0.2, -0.15) is 0 Å². The van der Waals surface area contributed by atoms with Crippen molar-refractivity contribution in [3.05, 3.63) is 77.9 Å². The minimum Gasteiger partial charge on any atom is -0.494 e. The minimum absolute atomic E-state index is 0.000816. The number of amides is 2. The topological polar surface area (TPSA) is 116 Å². The number of hydrogen-bond acceptors (Lipinski definition) is 9. The number of fused-ring (bicyclic) bond motifs is 1. The number of benzene rings is 3. The van der Waals surface area contributed by atoms with Gasteiger partial charge in [-0.15, -0.1) is 0 Å². The summed E-state index contributed by atoms with van der Waals surface area (Å²) in [6.45, 7) is 5.23. The van der Waals surface area contributed by atoms with E-state index in [1.54, 1.807) is 48.2 Å². The van der Waals surface area contributed by atoms with E-state index in [1.165, 1.54) is 24.6 Å². The molecule has 0 spiro atoms. The molecule has 1 atom stereocenters. The van der Waals surface area contributed by atoms with Crippen LogP contribution in [-0.4, -0.2) is 53.1 Å². The maximum atomic E-state index is 13.5. The highest BCUT2D eigenvalue weighted by Gasteiger charge is 2.36. The highest BCUT2D eigenvalue weighted by molar-refractivity contribution is 8.15. The number of thioether (sulfide) groups is 1. The number of amidine groups is 1. The number of carbonyl (C=O) groups excluding carboxylic acids is 3. The number of unbranched alkanes of at least 4 members (excludes halogenated alkanes) is 3. The quantitative estimate of drug-likeness (QED) is 0.163. The monoisotopic (exact) mass is 631 g/mol. The molecule has 2 amide bonds. The van der Waals surface area contributed by atoms with Gasteiger partial charge in [0, 0.05) is 12.1 Å². The number of esters is 1. The summed E-state index contributed by atoms with van der Waals surface area (Å²) in [6.07, 6.45) is 4.51. The number of nitrogens with one attached hydrogen (secondary N) is 1. The van der Waals surface area contributed by atoms with Crippen LogP contribution < -0.4 is 19.5 Å². The van der Waals surface area contributed by atoms with Crippen molar-refractivity contribution >= 4 is 46.1 Å². The molecule has 2 aliphatic heterocycles. The van der Waals surface area contributed by atoms with Crippen molar-refractivity contribution in [2.75, 3.05) is 25.3 Å². The lowest BCUT2D eigenvalue weighted by Gasteiger charge is -2.32. The number of hydrogen-bond donors (Lipinski definition) is 1. The molecule has 1 fully saturated rings. The van der Waals surface area contributed by atoms with E-state index in [1.807, 2.05) is 30.3 Å². The lowest BCUT2D eigenvalue weighted by atomic mass is 10.1. The number of ether oxygens (including phenoxy) is 4. The highest BCUT2D eigenvalue weighted by Crippen LogP contribution is 2.35. The molecule has 11 heteroatoms. The van der Waals surface area contributed by atoms with Gasteiger partial charge in [0.25, 0.3) is 0 Å². The third-order valence-electron chi connectivity index (χ3n) is 7.20. The van der Waals surface area contributed by atoms with E-state index in [0.717, 1.165) is 24.2 Å². The average Bonchev–Trinajstić information content (AvgIpc) is 3.52. The van der Waals surface area contributed by atoms with Crippen molar-refractivity contribution in [1.29, 1.82) is 0 Å². The van der Waals surface area contributed by atoms with Gasteiger partial charge in [0.2, 0.25) is 18.6 Å². The zero-order valence-electron chi connectivity index (χ0n) is 25.5. The summed E-state index contributed by atoms with van der Waals surface area (Å²) in [7, 11) is 0. The second-order valence-corrected chi connectivity index (χ2v) is 11.7. The summed E-state index contributed by atoms with van der Waals surface area (Å²) in [5.41, 5.74) is 2.37. The van der Waals surface area contributed by atoms with Crippen LogP contribution in [0.4, 0.5) is 11.4 Å². The zero-order valence-corrected chi connectivity index (χ0v) is 26.3. The Morgan fingerprint density at radius 1 is 0.978 bits per heavy atom. The van der Waals surface area contributed by atoms with Gasteiger partial charge < -0.3 is 24.3 Å². The zero-order chi connectivity index (χ0) is 31.6. The van der Waals surface area contributed by atoms with Crippen molar-refractivity contribution < 1.29 is 33.3 Å². The molecule has 0 aromatic heterocycles. The lowest BCUT2D eigenvalue weighted by molar-refractivity contribution is -0.129. The van der Waals surface area contributed by atoms with Crippen LogP contribution in [0.2, 0.25) is 0 Å². The molecule has 5 rings (SSSR count). The maximum Gasteiger partial charge on any atom is 0.338 e. The largest absolute Gasteiger partial charge is 0.494 e. The first-order valence-electron chi connectivity index (χ1n) is 15.2. The van der Waals surface area contributed by atoms with Crippen LogP contribution in [-0.2, 0) is 20.9 Å². The predicted molar refractivity (Wildman–Crippen MR) is 173 cm³/mol. The maximum absolute atomic E-state index is 13.5. The molecule has 0 saturated carbocycles. The van der Waals surface area contributed by atoms with Crippen molar-refractivity contribution in [2.45, 2.75) is 57.7 Å². The Morgan fingerprint density at radius 2 is 1.76 bits per heavy atom. The van der Waals surface area contributed by atoms with Crippen LogP contribution in [0.5, 0.6) is 17.2 Å². The van der Waals surface area contributed by atoms with Gasteiger partial charge in [-0.05, 0) is 79.6 Å². The summed E-state index contributed by atoms with van der Waals surface area (Å²) in [4.78, 5) is 45.3. The van der Waals surface area contributed by atoms with Gasteiger partial charge >= 0.3 is 5.97 Å². The Bertz CT molecular complexity index is 1530. The average molecular weight is 632 g/mol. The van der Waals surface area contributed by atoms with E-state index in [4.69, 9.17) is 23.9 Å². The second kappa shape index (κ2) is 15.5. The summed E-state index contributed by atoms with van der Waals surface area (Å²) < 4.78 is 21.8. The van der Waals surface area contributed by atoms with E-state index >= 15 is 0 Å². The van der Waals surface area contributed by atoms with Crippen LogP contribution in [0.3, 0.4) is 0 Å². The standard InChI is InChI=1S/C34H37N3O7S/c1-3-5-6-7-18-42-27-15-13-25(14-16-27)35-32(39)30-20-31(38)37(21-23-8-17-28-29(19-23)44-22-43-28)34(45-30)36-26-11-9-24(10-12-26)33(40)41-4-2/h8-17,19,30H,3-7,18,20-22H2,1-2H3,(H,35,39). The molecule has 1 N–H and O–H groups in total. The Morgan fingerprint density at radius 3 is 2.51 bits per heavy atom. The molecule has 3 aromatic rings. The molecule has 0 aliphatic carbocycles. The van der Waals surface area contributed by atoms with Crippen LogP contribution in [0.25, 0.3) is 0 Å². The predicted octanol–water partition coefficient (Wildman–Crippen LogP) is 6.71. The number of carbonyl (C=O) groups is 3. The SMILES string of the molecule is CCCCCCOc1ccc(NC(=O)C2CC(=O)N(Cc3ccc4c(c3)OCO4)C(=Nc3ccc(C(=O)OCC)cc3)S2)cc1. The molecule has 236 valence electrons. The Kier molecular flexibility index (Phi) is 11.0. The van der Waals surface area contributed by atoms with Gasteiger partial charge in [0.1, 0.15) is 11.0 Å². The molecule has 3 aromatic carbocycles. The highest BCUT2D eigenvalue weighted by atomic mass is 32.2. The van der Waals surface area contributed by atoms with E-state index < -0.39 is 11.2 Å². The van der Waals surface area contributed by atoms with Crippen molar-refractivity contribution in [3.63, 3.8) is 0 Å². The normalized spacial score (nSPS) is 16.5. The van der Waals surface area contributed by atoms with Crippen molar-refractivity contribution in [1.82, 2.24) is 4.90 Å². The smallest absolute Gasteiger partial charge is 0.338 e. The fourth-order valence-electron chi connectivity index (χ4n) is 4.79. The molecular formula is C34H37N3O7S. The third kappa shape index (κ3) is 8.57. The van der Waals surface area contributed by atoms with Gasteiger partial charge in [0.05, 0.1) is 31.0 Å². The molecule has 1 unspecified atom stereocenters. The van der Waals surface area contributed by atoms with Gasteiger partial charge in [0.15, 0.2) is 16.7 Å². The van der Waals surface area contributed by atoms with Crippen LogP contribution >= 0.6 is 11.8 Å².